The van der Waals surface area contributed by atoms with Gasteiger partial charge in [0.15, 0.2) is 0 Å². The second-order valence-electron chi connectivity index (χ2n) is 4.86. The summed E-state index contributed by atoms with van der Waals surface area (Å²) in [5.74, 6) is 0.132. The summed E-state index contributed by atoms with van der Waals surface area (Å²) < 4.78 is 10.3. The summed E-state index contributed by atoms with van der Waals surface area (Å²) in [7, 11) is 0. The third kappa shape index (κ3) is 7.81. The minimum Gasteiger partial charge on any atom is -0.493 e. The average Bonchev–Trinajstić information content (AvgIpc) is 2.40. The number of nitrogen functional groups attached to an aromatic ring is 1. The number of benzene rings is 1. The van der Waals surface area contributed by atoms with E-state index in [4.69, 9.17) is 15.2 Å². The van der Waals surface area contributed by atoms with Crippen LogP contribution in [-0.4, -0.2) is 31.1 Å². The first-order chi connectivity index (χ1) is 9.97. The maximum absolute atomic E-state index is 11.4. The Morgan fingerprint density at radius 1 is 1.14 bits per heavy atom. The van der Waals surface area contributed by atoms with E-state index in [2.05, 4.69) is 5.32 Å². The van der Waals surface area contributed by atoms with Gasteiger partial charge in [0, 0.05) is 11.7 Å². The van der Waals surface area contributed by atoms with E-state index in [-0.39, 0.29) is 44.0 Å². The number of nitrogens with one attached hydrogen (secondary N) is 1. The summed E-state index contributed by atoms with van der Waals surface area (Å²) in [6.45, 7) is 4.05. The van der Waals surface area contributed by atoms with Crippen molar-refractivity contribution >= 4 is 17.6 Å². The molecule has 1 aromatic carbocycles. The predicted molar refractivity (Wildman–Crippen MR) is 79.8 cm³/mol. The van der Waals surface area contributed by atoms with Crippen LogP contribution < -0.4 is 15.8 Å². The Bertz CT molecular complexity index is 457. The third-order valence-electron chi connectivity index (χ3n) is 2.50. The number of esters is 1. The molecule has 1 amide bonds. The van der Waals surface area contributed by atoms with Crippen molar-refractivity contribution in [3.05, 3.63) is 24.3 Å². The number of hydrogen-bond acceptors (Lipinski definition) is 5. The lowest BCUT2D eigenvalue weighted by molar-refractivity contribution is -0.144. The molecule has 0 bridgehead atoms. The SMILES string of the molecule is CC(C)NC(=O)CCOC(=O)CCOc1ccc(N)cc1. The van der Waals surface area contributed by atoms with Gasteiger partial charge in [-0.05, 0) is 38.1 Å². The molecule has 0 aliphatic heterocycles. The lowest BCUT2D eigenvalue weighted by atomic mass is 10.3. The lowest BCUT2D eigenvalue weighted by Gasteiger charge is -2.09. The Kier molecular flexibility index (Phi) is 7.08. The van der Waals surface area contributed by atoms with E-state index in [1.165, 1.54) is 0 Å². The fourth-order valence-corrected chi connectivity index (χ4v) is 1.54. The highest BCUT2D eigenvalue weighted by Crippen LogP contribution is 2.13. The number of rotatable bonds is 8. The Hall–Kier alpha value is -2.24. The van der Waals surface area contributed by atoms with Gasteiger partial charge in [-0.25, -0.2) is 0 Å². The van der Waals surface area contributed by atoms with E-state index in [1.54, 1.807) is 24.3 Å². The van der Waals surface area contributed by atoms with Crippen molar-refractivity contribution in [1.82, 2.24) is 5.32 Å². The summed E-state index contributed by atoms with van der Waals surface area (Å²) in [6, 6.07) is 7.00. The van der Waals surface area contributed by atoms with Crippen molar-refractivity contribution in [2.75, 3.05) is 18.9 Å². The van der Waals surface area contributed by atoms with Gasteiger partial charge < -0.3 is 20.5 Å². The van der Waals surface area contributed by atoms with Gasteiger partial charge in [-0.1, -0.05) is 0 Å². The molecule has 0 aromatic heterocycles. The first-order valence-electron chi connectivity index (χ1n) is 6.90. The number of anilines is 1. The molecule has 0 saturated carbocycles. The highest BCUT2D eigenvalue weighted by molar-refractivity contribution is 5.76. The summed E-state index contributed by atoms with van der Waals surface area (Å²) in [5.41, 5.74) is 6.20. The van der Waals surface area contributed by atoms with Crippen LogP contribution in [-0.2, 0) is 14.3 Å². The molecule has 0 atom stereocenters. The fraction of sp³-hybridized carbons (Fsp3) is 0.467. The second kappa shape index (κ2) is 8.84. The zero-order valence-electron chi connectivity index (χ0n) is 12.4. The molecule has 0 saturated heterocycles. The van der Waals surface area contributed by atoms with E-state index in [1.807, 2.05) is 13.8 Å². The van der Waals surface area contributed by atoms with Crippen LogP contribution in [0.15, 0.2) is 24.3 Å². The van der Waals surface area contributed by atoms with Gasteiger partial charge in [-0.2, -0.15) is 0 Å². The normalized spacial score (nSPS) is 10.2. The van der Waals surface area contributed by atoms with Crippen LogP contribution in [0.2, 0.25) is 0 Å². The van der Waals surface area contributed by atoms with Gasteiger partial charge in [0.25, 0.3) is 0 Å². The summed E-state index contributed by atoms with van der Waals surface area (Å²) in [6.07, 6.45) is 0.304. The smallest absolute Gasteiger partial charge is 0.309 e. The maximum atomic E-state index is 11.4. The molecule has 1 aromatic rings. The van der Waals surface area contributed by atoms with Crippen LogP contribution in [0.4, 0.5) is 5.69 Å². The first-order valence-corrected chi connectivity index (χ1v) is 6.90. The van der Waals surface area contributed by atoms with E-state index in [0.717, 1.165) is 0 Å². The lowest BCUT2D eigenvalue weighted by Crippen LogP contribution is -2.31. The maximum Gasteiger partial charge on any atom is 0.309 e. The molecule has 0 spiro atoms. The predicted octanol–water partition coefficient (Wildman–Crippen LogP) is 1.50. The average molecular weight is 294 g/mol. The number of ether oxygens (including phenoxy) is 2. The van der Waals surface area contributed by atoms with Crippen molar-refractivity contribution < 1.29 is 19.1 Å². The minimum atomic E-state index is -0.386. The van der Waals surface area contributed by atoms with Crippen LogP contribution in [0.1, 0.15) is 26.7 Å². The second-order valence-corrected chi connectivity index (χ2v) is 4.86. The molecule has 0 unspecified atom stereocenters. The zero-order chi connectivity index (χ0) is 15.7. The van der Waals surface area contributed by atoms with E-state index in [0.29, 0.717) is 11.4 Å². The Balaban J connectivity index is 2.11. The third-order valence-corrected chi connectivity index (χ3v) is 2.50. The molecular formula is C15H22N2O4. The molecule has 0 heterocycles. The first kappa shape index (κ1) is 16.8. The Morgan fingerprint density at radius 2 is 1.81 bits per heavy atom. The van der Waals surface area contributed by atoms with Gasteiger partial charge >= 0.3 is 5.97 Å². The van der Waals surface area contributed by atoms with Crippen LogP contribution in [0.3, 0.4) is 0 Å². The molecule has 0 fully saturated rings. The van der Waals surface area contributed by atoms with E-state index >= 15 is 0 Å². The number of carbonyl (C=O) groups is 2. The highest BCUT2D eigenvalue weighted by Gasteiger charge is 2.07. The molecule has 21 heavy (non-hydrogen) atoms. The number of nitrogens with two attached hydrogens (primary N) is 1. The largest absolute Gasteiger partial charge is 0.493 e. The van der Waals surface area contributed by atoms with Crippen molar-refractivity contribution in [3.8, 4) is 5.75 Å². The monoisotopic (exact) mass is 294 g/mol. The topological polar surface area (TPSA) is 90.6 Å². The summed E-state index contributed by atoms with van der Waals surface area (Å²) >= 11 is 0. The quantitative estimate of drug-likeness (QED) is 0.560. The minimum absolute atomic E-state index is 0.0826. The standard InChI is InChI=1S/C15H22N2O4/c1-11(2)17-14(18)7-9-21-15(19)8-10-20-13-5-3-12(16)4-6-13/h3-6,11H,7-10,16H2,1-2H3,(H,17,18). The van der Waals surface area contributed by atoms with Crippen molar-refractivity contribution in [2.24, 2.45) is 0 Å². The molecule has 1 rings (SSSR count). The molecule has 6 nitrogen and oxygen atoms in total. The molecular weight excluding hydrogens is 272 g/mol. The van der Waals surface area contributed by atoms with Crippen molar-refractivity contribution in [2.45, 2.75) is 32.7 Å². The summed E-state index contributed by atoms with van der Waals surface area (Å²) in [5, 5.41) is 2.72. The van der Waals surface area contributed by atoms with Gasteiger partial charge in [0.05, 0.1) is 19.4 Å². The molecule has 0 aliphatic rings. The Morgan fingerprint density at radius 3 is 2.43 bits per heavy atom. The zero-order valence-corrected chi connectivity index (χ0v) is 12.4. The number of carbonyl (C=O) groups excluding carboxylic acids is 2. The molecule has 3 N–H and O–H groups in total. The van der Waals surface area contributed by atoms with Crippen molar-refractivity contribution in [3.63, 3.8) is 0 Å². The van der Waals surface area contributed by atoms with E-state index < -0.39 is 0 Å². The van der Waals surface area contributed by atoms with Crippen LogP contribution in [0.5, 0.6) is 5.75 Å². The highest BCUT2D eigenvalue weighted by atomic mass is 16.5. The van der Waals surface area contributed by atoms with Gasteiger partial charge in [0.2, 0.25) is 5.91 Å². The number of hydrogen-bond donors (Lipinski definition) is 2. The van der Waals surface area contributed by atoms with Crippen LogP contribution >= 0.6 is 0 Å². The number of amides is 1. The van der Waals surface area contributed by atoms with Gasteiger partial charge in [-0.3, -0.25) is 9.59 Å². The molecule has 0 radical (unpaired) electrons. The molecule has 0 aliphatic carbocycles. The fourth-order valence-electron chi connectivity index (χ4n) is 1.54. The van der Waals surface area contributed by atoms with Gasteiger partial charge in [-0.15, -0.1) is 0 Å². The van der Waals surface area contributed by atoms with E-state index in [9.17, 15) is 9.59 Å². The van der Waals surface area contributed by atoms with Crippen molar-refractivity contribution in [1.29, 1.82) is 0 Å². The molecule has 116 valence electrons. The van der Waals surface area contributed by atoms with Crippen LogP contribution in [0, 0.1) is 0 Å². The summed E-state index contributed by atoms with van der Waals surface area (Å²) in [4.78, 5) is 22.8. The molecule has 6 heteroatoms. The van der Waals surface area contributed by atoms with Gasteiger partial charge in [0.1, 0.15) is 12.4 Å². The Labute approximate surface area is 124 Å². The van der Waals surface area contributed by atoms with Crippen LogP contribution in [0.25, 0.3) is 0 Å².